The largest absolute Gasteiger partial charge is 0.482 e. The van der Waals surface area contributed by atoms with Gasteiger partial charge in [0.15, 0.2) is 6.61 Å². The first kappa shape index (κ1) is 13.6. The summed E-state index contributed by atoms with van der Waals surface area (Å²) in [5.74, 6) is 0.255. The van der Waals surface area contributed by atoms with E-state index in [4.69, 9.17) is 4.74 Å². The first-order valence-electron chi connectivity index (χ1n) is 6.48. The fraction of sp³-hybridized carbons (Fsp3) is 0.200. The van der Waals surface area contributed by atoms with Gasteiger partial charge in [-0.05, 0) is 43.7 Å². The Morgan fingerprint density at radius 3 is 2.86 bits per heavy atom. The Hall–Kier alpha value is -2.34. The number of ether oxygens (including phenoxy) is 1. The number of anilines is 2. The van der Waals surface area contributed by atoms with Gasteiger partial charge in [0, 0.05) is 10.6 Å². The maximum absolute atomic E-state index is 12.2. The Morgan fingerprint density at radius 1 is 1.33 bits per heavy atom. The van der Waals surface area contributed by atoms with Crippen LogP contribution >= 0.6 is 11.3 Å². The number of amides is 2. The predicted molar refractivity (Wildman–Crippen MR) is 82.3 cm³/mol. The van der Waals surface area contributed by atoms with E-state index in [0.717, 1.165) is 10.4 Å². The zero-order valence-electron chi connectivity index (χ0n) is 11.6. The van der Waals surface area contributed by atoms with Gasteiger partial charge in [0.2, 0.25) is 0 Å². The van der Waals surface area contributed by atoms with Crippen molar-refractivity contribution >= 4 is 34.5 Å². The molecule has 2 aromatic rings. The van der Waals surface area contributed by atoms with Gasteiger partial charge in [0.05, 0.1) is 10.6 Å². The summed E-state index contributed by atoms with van der Waals surface area (Å²) < 4.78 is 5.28. The Morgan fingerprint density at radius 2 is 2.14 bits per heavy atom. The number of aryl methyl sites for hydroxylation is 2. The van der Waals surface area contributed by atoms with Crippen LogP contribution in [0.1, 0.15) is 20.1 Å². The minimum atomic E-state index is -0.199. The molecule has 2 amide bonds. The summed E-state index contributed by atoms with van der Waals surface area (Å²) in [5.41, 5.74) is 2.30. The van der Waals surface area contributed by atoms with Crippen LogP contribution in [-0.2, 0) is 4.79 Å². The van der Waals surface area contributed by atoms with Gasteiger partial charge < -0.3 is 15.4 Å². The van der Waals surface area contributed by atoms with Crippen LogP contribution < -0.4 is 15.4 Å². The van der Waals surface area contributed by atoms with E-state index >= 15 is 0 Å². The van der Waals surface area contributed by atoms with Crippen molar-refractivity contribution in [3.8, 4) is 5.75 Å². The molecule has 0 aliphatic carbocycles. The molecule has 0 bridgehead atoms. The SMILES string of the molecule is Cc1cc(C(=O)Nc2ccc3c(c2)NC(=O)CO3)sc1C. The highest BCUT2D eigenvalue weighted by Gasteiger charge is 2.17. The minimum Gasteiger partial charge on any atom is -0.482 e. The number of benzene rings is 1. The summed E-state index contributed by atoms with van der Waals surface area (Å²) in [6, 6.07) is 7.05. The van der Waals surface area contributed by atoms with E-state index in [1.54, 1.807) is 18.2 Å². The van der Waals surface area contributed by atoms with Crippen molar-refractivity contribution in [3.05, 3.63) is 39.6 Å². The highest BCUT2D eigenvalue weighted by atomic mass is 32.1. The molecule has 2 N–H and O–H groups in total. The molecule has 1 aromatic heterocycles. The topological polar surface area (TPSA) is 67.4 Å². The summed E-state index contributed by atoms with van der Waals surface area (Å²) >= 11 is 1.46. The highest BCUT2D eigenvalue weighted by Crippen LogP contribution is 2.31. The molecule has 1 aliphatic heterocycles. The quantitative estimate of drug-likeness (QED) is 0.896. The average Bonchev–Trinajstić information content (AvgIpc) is 2.78. The van der Waals surface area contributed by atoms with Gasteiger partial charge in [-0.1, -0.05) is 0 Å². The van der Waals surface area contributed by atoms with Crippen molar-refractivity contribution in [1.82, 2.24) is 0 Å². The third kappa shape index (κ3) is 2.75. The second kappa shape index (κ2) is 5.21. The first-order chi connectivity index (χ1) is 10.0. The number of rotatable bonds is 2. The molecular weight excluding hydrogens is 288 g/mol. The normalized spacial score (nSPS) is 13.1. The van der Waals surface area contributed by atoms with Gasteiger partial charge in [-0.15, -0.1) is 11.3 Å². The van der Waals surface area contributed by atoms with Gasteiger partial charge in [-0.25, -0.2) is 0 Å². The van der Waals surface area contributed by atoms with Crippen LogP contribution in [0.2, 0.25) is 0 Å². The van der Waals surface area contributed by atoms with E-state index in [9.17, 15) is 9.59 Å². The molecule has 108 valence electrons. The van der Waals surface area contributed by atoms with Crippen LogP contribution in [0.4, 0.5) is 11.4 Å². The lowest BCUT2D eigenvalue weighted by Crippen LogP contribution is -2.25. The number of fused-ring (bicyclic) bond motifs is 1. The van der Waals surface area contributed by atoms with Crippen LogP contribution in [-0.4, -0.2) is 18.4 Å². The molecule has 0 saturated heterocycles. The van der Waals surface area contributed by atoms with Gasteiger partial charge in [-0.2, -0.15) is 0 Å². The molecule has 0 fully saturated rings. The molecule has 0 radical (unpaired) electrons. The predicted octanol–water partition coefficient (Wildman–Crippen LogP) is 2.95. The second-order valence-corrected chi connectivity index (χ2v) is 6.11. The van der Waals surface area contributed by atoms with Gasteiger partial charge in [-0.3, -0.25) is 9.59 Å². The zero-order chi connectivity index (χ0) is 15.0. The summed E-state index contributed by atoms with van der Waals surface area (Å²) in [7, 11) is 0. The Bertz CT molecular complexity index is 717. The Labute approximate surface area is 125 Å². The van der Waals surface area contributed by atoms with Gasteiger partial charge >= 0.3 is 0 Å². The smallest absolute Gasteiger partial charge is 0.265 e. The average molecular weight is 302 g/mol. The third-order valence-electron chi connectivity index (χ3n) is 3.26. The molecule has 0 unspecified atom stereocenters. The first-order valence-corrected chi connectivity index (χ1v) is 7.29. The molecular formula is C15H14N2O3S. The molecule has 5 nitrogen and oxygen atoms in total. The monoisotopic (exact) mass is 302 g/mol. The molecule has 6 heteroatoms. The molecule has 2 heterocycles. The molecule has 21 heavy (non-hydrogen) atoms. The lowest BCUT2D eigenvalue weighted by atomic mass is 10.2. The minimum absolute atomic E-state index is 0.0203. The maximum atomic E-state index is 12.2. The van der Waals surface area contributed by atoms with Gasteiger partial charge in [0.25, 0.3) is 11.8 Å². The van der Waals surface area contributed by atoms with Crippen LogP contribution in [0, 0.1) is 13.8 Å². The lowest BCUT2D eigenvalue weighted by molar-refractivity contribution is -0.118. The summed E-state index contributed by atoms with van der Waals surface area (Å²) in [6.45, 7) is 3.99. The van der Waals surface area contributed by atoms with Crippen LogP contribution in [0.3, 0.4) is 0 Å². The molecule has 0 spiro atoms. The van der Waals surface area contributed by atoms with Crippen LogP contribution in [0.5, 0.6) is 5.75 Å². The highest BCUT2D eigenvalue weighted by molar-refractivity contribution is 7.14. The van der Waals surface area contributed by atoms with E-state index < -0.39 is 0 Å². The maximum Gasteiger partial charge on any atom is 0.265 e. The number of hydrogen-bond acceptors (Lipinski definition) is 4. The molecule has 1 aliphatic rings. The number of carbonyl (C=O) groups is 2. The van der Waals surface area contributed by atoms with E-state index in [0.29, 0.717) is 22.0 Å². The summed E-state index contributed by atoms with van der Waals surface area (Å²) in [4.78, 5) is 25.3. The summed E-state index contributed by atoms with van der Waals surface area (Å²) in [5, 5.41) is 5.54. The summed E-state index contributed by atoms with van der Waals surface area (Å²) in [6.07, 6.45) is 0. The van der Waals surface area contributed by atoms with E-state index in [1.807, 2.05) is 19.9 Å². The van der Waals surface area contributed by atoms with Crippen molar-refractivity contribution in [2.75, 3.05) is 17.2 Å². The van der Waals surface area contributed by atoms with Crippen molar-refractivity contribution in [1.29, 1.82) is 0 Å². The Kier molecular flexibility index (Phi) is 3.39. The molecule has 0 saturated carbocycles. The lowest BCUT2D eigenvalue weighted by Gasteiger charge is -2.18. The Balaban J connectivity index is 1.80. The fourth-order valence-electron chi connectivity index (χ4n) is 2.04. The molecule has 1 aromatic carbocycles. The zero-order valence-corrected chi connectivity index (χ0v) is 12.5. The number of hydrogen-bond donors (Lipinski definition) is 2. The number of thiophene rings is 1. The van der Waals surface area contributed by atoms with E-state index in [-0.39, 0.29) is 18.4 Å². The number of carbonyl (C=O) groups excluding carboxylic acids is 2. The fourth-order valence-corrected chi connectivity index (χ4v) is 2.97. The van der Waals surface area contributed by atoms with Crippen molar-refractivity contribution in [2.45, 2.75) is 13.8 Å². The van der Waals surface area contributed by atoms with E-state index in [1.165, 1.54) is 11.3 Å². The molecule has 0 atom stereocenters. The van der Waals surface area contributed by atoms with E-state index in [2.05, 4.69) is 10.6 Å². The number of nitrogens with one attached hydrogen (secondary N) is 2. The van der Waals surface area contributed by atoms with Crippen molar-refractivity contribution in [3.63, 3.8) is 0 Å². The standard InChI is InChI=1S/C15H14N2O3S/c1-8-5-13(21-9(8)2)15(19)16-10-3-4-12-11(6-10)17-14(18)7-20-12/h3-6H,7H2,1-2H3,(H,16,19)(H,17,18). The molecule has 3 rings (SSSR count). The van der Waals surface area contributed by atoms with Gasteiger partial charge in [0.1, 0.15) is 5.75 Å². The van der Waals surface area contributed by atoms with Crippen molar-refractivity contribution < 1.29 is 14.3 Å². The second-order valence-electron chi connectivity index (χ2n) is 4.85. The van der Waals surface area contributed by atoms with Crippen LogP contribution in [0.25, 0.3) is 0 Å². The van der Waals surface area contributed by atoms with Crippen molar-refractivity contribution in [2.24, 2.45) is 0 Å². The van der Waals surface area contributed by atoms with Crippen LogP contribution in [0.15, 0.2) is 24.3 Å². The third-order valence-corrected chi connectivity index (χ3v) is 4.41.